The Morgan fingerprint density at radius 2 is 1.95 bits per heavy atom. The van der Waals surface area contributed by atoms with Crippen LogP contribution in [-0.4, -0.2) is 23.4 Å². The summed E-state index contributed by atoms with van der Waals surface area (Å²) in [7, 11) is 0. The summed E-state index contributed by atoms with van der Waals surface area (Å²) in [5.74, 6) is 0.438. The van der Waals surface area contributed by atoms with Crippen molar-refractivity contribution in [2.75, 3.05) is 6.54 Å². The number of likely N-dealkylation sites (tertiary alicyclic amines) is 1. The molecule has 3 atom stereocenters. The molecule has 0 aromatic heterocycles. The Bertz CT molecular complexity index is 488. The van der Waals surface area contributed by atoms with Gasteiger partial charge in [0.25, 0.3) is 0 Å². The van der Waals surface area contributed by atoms with Crippen LogP contribution in [0.25, 0.3) is 0 Å². The molecule has 2 fully saturated rings. The molecule has 1 aromatic carbocycles. The fourth-order valence-corrected chi connectivity index (χ4v) is 3.66. The summed E-state index contributed by atoms with van der Waals surface area (Å²) in [6, 6.07) is 8.32. The maximum absolute atomic E-state index is 12.7. The van der Waals surface area contributed by atoms with Gasteiger partial charge in [-0.25, -0.2) is 0 Å². The molecule has 1 aliphatic heterocycles. The number of hydrogen-bond acceptors (Lipinski definition) is 2. The molecule has 0 radical (unpaired) electrons. The molecule has 20 heavy (non-hydrogen) atoms. The lowest BCUT2D eigenvalue weighted by atomic mass is 10.0. The van der Waals surface area contributed by atoms with E-state index >= 15 is 0 Å². The monoisotopic (exact) mass is 292 g/mol. The molecule has 1 aromatic rings. The van der Waals surface area contributed by atoms with E-state index in [0.717, 1.165) is 43.7 Å². The lowest BCUT2D eigenvalue weighted by Crippen LogP contribution is -2.35. The Morgan fingerprint density at radius 1 is 1.20 bits per heavy atom. The number of benzene rings is 1. The summed E-state index contributed by atoms with van der Waals surface area (Å²) in [6.07, 6.45) is 4.91. The zero-order valence-corrected chi connectivity index (χ0v) is 12.4. The van der Waals surface area contributed by atoms with Crippen LogP contribution in [0.2, 0.25) is 5.02 Å². The second kappa shape index (κ2) is 5.74. The quantitative estimate of drug-likeness (QED) is 0.910. The third-order valence-electron chi connectivity index (χ3n) is 4.61. The number of nitrogens with two attached hydrogens (primary N) is 1. The van der Waals surface area contributed by atoms with E-state index < -0.39 is 0 Å². The lowest BCUT2D eigenvalue weighted by Gasteiger charge is -2.28. The van der Waals surface area contributed by atoms with Gasteiger partial charge in [0.1, 0.15) is 0 Å². The molecule has 3 unspecified atom stereocenters. The van der Waals surface area contributed by atoms with Crippen molar-refractivity contribution in [1.29, 1.82) is 0 Å². The van der Waals surface area contributed by atoms with Crippen LogP contribution < -0.4 is 5.73 Å². The summed E-state index contributed by atoms with van der Waals surface area (Å²) in [5.41, 5.74) is 7.14. The molecule has 0 spiro atoms. The smallest absolute Gasteiger partial charge is 0.226 e. The van der Waals surface area contributed by atoms with Crippen molar-refractivity contribution in [2.24, 2.45) is 11.7 Å². The summed E-state index contributed by atoms with van der Waals surface area (Å²) in [5, 5.41) is 0.742. The van der Waals surface area contributed by atoms with Gasteiger partial charge in [-0.1, -0.05) is 23.7 Å². The fraction of sp³-hybridized carbons (Fsp3) is 0.562. The second-order valence-corrected chi connectivity index (χ2v) is 6.45. The number of nitrogens with zero attached hydrogens (tertiary/aromatic N) is 1. The zero-order valence-electron chi connectivity index (χ0n) is 11.6. The molecule has 1 saturated carbocycles. The van der Waals surface area contributed by atoms with E-state index in [1.54, 1.807) is 0 Å². The lowest BCUT2D eigenvalue weighted by molar-refractivity contribution is -0.136. The molecule has 0 bridgehead atoms. The average molecular weight is 293 g/mol. The normalized spacial score (nSPS) is 29.9. The second-order valence-electron chi connectivity index (χ2n) is 6.01. The van der Waals surface area contributed by atoms with Gasteiger partial charge >= 0.3 is 0 Å². The van der Waals surface area contributed by atoms with Crippen LogP contribution in [0.3, 0.4) is 0 Å². The molecule has 4 heteroatoms. The van der Waals surface area contributed by atoms with Crippen LogP contribution in [0, 0.1) is 5.92 Å². The van der Waals surface area contributed by atoms with Crippen LogP contribution in [0.1, 0.15) is 43.7 Å². The Kier molecular flexibility index (Phi) is 3.99. The minimum Gasteiger partial charge on any atom is -0.335 e. The summed E-state index contributed by atoms with van der Waals surface area (Å²) < 4.78 is 0. The first-order valence-corrected chi connectivity index (χ1v) is 7.84. The largest absolute Gasteiger partial charge is 0.335 e. The molecule has 1 aliphatic carbocycles. The molecular weight excluding hydrogens is 272 g/mol. The van der Waals surface area contributed by atoms with E-state index in [1.807, 2.05) is 24.3 Å². The van der Waals surface area contributed by atoms with Crippen molar-refractivity contribution in [2.45, 2.75) is 44.2 Å². The van der Waals surface area contributed by atoms with Crippen molar-refractivity contribution >= 4 is 17.5 Å². The van der Waals surface area contributed by atoms with Crippen molar-refractivity contribution in [3.63, 3.8) is 0 Å². The maximum Gasteiger partial charge on any atom is 0.226 e. The molecule has 1 heterocycles. The van der Waals surface area contributed by atoms with Crippen LogP contribution in [-0.2, 0) is 4.79 Å². The van der Waals surface area contributed by atoms with Gasteiger partial charge in [0.05, 0.1) is 6.04 Å². The van der Waals surface area contributed by atoms with Gasteiger partial charge < -0.3 is 10.6 Å². The van der Waals surface area contributed by atoms with Crippen LogP contribution in [0.4, 0.5) is 0 Å². The highest BCUT2D eigenvalue weighted by Crippen LogP contribution is 2.36. The van der Waals surface area contributed by atoms with Crippen LogP contribution in [0.15, 0.2) is 24.3 Å². The number of halogens is 1. The van der Waals surface area contributed by atoms with Crippen molar-refractivity contribution in [3.8, 4) is 0 Å². The number of hydrogen-bond donors (Lipinski definition) is 1. The first kappa shape index (κ1) is 13.9. The topological polar surface area (TPSA) is 46.3 Å². The summed E-state index contributed by atoms with van der Waals surface area (Å²) in [4.78, 5) is 14.7. The number of rotatable bonds is 2. The van der Waals surface area contributed by atoms with Gasteiger partial charge in [-0.15, -0.1) is 0 Å². The molecular formula is C16H21ClN2O. The highest BCUT2D eigenvalue weighted by atomic mass is 35.5. The van der Waals surface area contributed by atoms with Crippen molar-refractivity contribution in [3.05, 3.63) is 34.9 Å². The minimum atomic E-state index is 0.137. The van der Waals surface area contributed by atoms with Gasteiger partial charge in [0.15, 0.2) is 0 Å². The van der Waals surface area contributed by atoms with E-state index in [-0.39, 0.29) is 18.0 Å². The summed E-state index contributed by atoms with van der Waals surface area (Å²) in [6.45, 7) is 0.873. The average Bonchev–Trinajstić information content (AvgIpc) is 3.07. The predicted octanol–water partition coefficient (Wildman–Crippen LogP) is 3.13. The molecule has 3 nitrogen and oxygen atoms in total. The molecule has 1 saturated heterocycles. The number of amides is 1. The number of carbonyl (C=O) groups excluding carboxylic acids is 1. The first-order valence-electron chi connectivity index (χ1n) is 7.46. The SMILES string of the molecule is NC1CCC(C(=O)N2CCCC2c2ccc(Cl)cc2)C1. The molecule has 3 rings (SSSR count). The van der Waals surface area contributed by atoms with Gasteiger partial charge in [0, 0.05) is 23.5 Å². The van der Waals surface area contributed by atoms with Gasteiger partial charge in [-0.05, 0) is 49.8 Å². The Balaban J connectivity index is 1.75. The zero-order chi connectivity index (χ0) is 14.1. The minimum absolute atomic E-state index is 0.137. The van der Waals surface area contributed by atoms with Crippen LogP contribution >= 0.6 is 11.6 Å². The predicted molar refractivity (Wildman–Crippen MR) is 80.5 cm³/mol. The van der Waals surface area contributed by atoms with Gasteiger partial charge in [-0.3, -0.25) is 4.79 Å². The highest BCUT2D eigenvalue weighted by Gasteiger charge is 2.36. The Morgan fingerprint density at radius 3 is 2.60 bits per heavy atom. The molecule has 2 N–H and O–H groups in total. The Hall–Kier alpha value is -1.06. The highest BCUT2D eigenvalue weighted by molar-refractivity contribution is 6.30. The van der Waals surface area contributed by atoms with E-state index in [9.17, 15) is 4.79 Å². The molecule has 2 aliphatic rings. The molecule has 1 amide bonds. The number of carbonyl (C=O) groups is 1. The fourth-order valence-electron chi connectivity index (χ4n) is 3.54. The van der Waals surface area contributed by atoms with Gasteiger partial charge in [0.2, 0.25) is 5.91 Å². The third-order valence-corrected chi connectivity index (χ3v) is 4.87. The van der Waals surface area contributed by atoms with E-state index in [2.05, 4.69) is 4.90 Å². The Labute approximate surface area is 125 Å². The van der Waals surface area contributed by atoms with E-state index in [4.69, 9.17) is 17.3 Å². The van der Waals surface area contributed by atoms with Crippen LogP contribution in [0.5, 0.6) is 0 Å². The van der Waals surface area contributed by atoms with Gasteiger partial charge in [-0.2, -0.15) is 0 Å². The standard InChI is InChI=1S/C16H21ClN2O/c17-13-6-3-11(4-7-13)15-2-1-9-19(15)16(20)12-5-8-14(18)10-12/h3-4,6-7,12,14-15H,1-2,5,8-10,18H2. The van der Waals surface area contributed by atoms with E-state index in [1.165, 1.54) is 5.56 Å². The van der Waals surface area contributed by atoms with Crippen molar-refractivity contribution in [1.82, 2.24) is 4.90 Å². The summed E-state index contributed by atoms with van der Waals surface area (Å²) >= 11 is 5.94. The first-order chi connectivity index (χ1) is 9.65. The van der Waals surface area contributed by atoms with E-state index in [0.29, 0.717) is 5.91 Å². The third kappa shape index (κ3) is 2.70. The molecule has 108 valence electrons. The maximum atomic E-state index is 12.7. The van der Waals surface area contributed by atoms with Crippen molar-refractivity contribution < 1.29 is 4.79 Å².